The molecule has 0 radical (unpaired) electrons. The number of hydrogen-bond donors (Lipinski definition) is 0. The lowest BCUT2D eigenvalue weighted by Crippen LogP contribution is -2.38. The third-order valence-electron chi connectivity index (χ3n) is 2.77. The van der Waals surface area contributed by atoms with Crippen LogP contribution >= 0.6 is 15.9 Å². The predicted molar refractivity (Wildman–Crippen MR) is 71.4 cm³/mol. The van der Waals surface area contributed by atoms with Crippen molar-refractivity contribution < 1.29 is 9.53 Å². The Bertz CT molecular complexity index is 451. The summed E-state index contributed by atoms with van der Waals surface area (Å²) in [6.45, 7) is 7.71. The summed E-state index contributed by atoms with van der Waals surface area (Å²) in [6, 6.07) is 0. The number of imidazole rings is 1. The summed E-state index contributed by atoms with van der Waals surface area (Å²) in [5.74, 6) is 0. The fraction of sp³-hybridized carbons (Fsp3) is 0.667. The molecule has 1 aliphatic rings. The largest absolute Gasteiger partial charge is 0.444 e. The summed E-state index contributed by atoms with van der Waals surface area (Å²) in [5, 5.41) is 0. The summed E-state index contributed by atoms with van der Waals surface area (Å²) in [5.41, 5.74) is 0.703. The molecule has 0 spiro atoms. The van der Waals surface area contributed by atoms with E-state index in [2.05, 4.69) is 25.5 Å². The van der Waals surface area contributed by atoms with Gasteiger partial charge in [0.15, 0.2) is 4.73 Å². The molecule has 0 atom stereocenters. The van der Waals surface area contributed by atoms with Crippen molar-refractivity contribution in [3.63, 3.8) is 0 Å². The molecule has 2 heterocycles. The van der Waals surface area contributed by atoms with Crippen LogP contribution in [0.5, 0.6) is 0 Å². The first kappa shape index (κ1) is 13.4. The molecule has 0 N–H and O–H groups in total. The van der Waals surface area contributed by atoms with E-state index in [-0.39, 0.29) is 6.09 Å². The van der Waals surface area contributed by atoms with Gasteiger partial charge in [0.25, 0.3) is 0 Å². The first-order valence-electron chi connectivity index (χ1n) is 6.04. The first-order chi connectivity index (χ1) is 8.37. The maximum Gasteiger partial charge on any atom is 0.410 e. The van der Waals surface area contributed by atoms with Crippen LogP contribution in [0.2, 0.25) is 0 Å². The zero-order valence-electron chi connectivity index (χ0n) is 10.9. The zero-order chi connectivity index (χ0) is 13.3. The Morgan fingerprint density at radius 3 is 2.78 bits per heavy atom. The highest BCUT2D eigenvalue weighted by atomic mass is 79.9. The fourth-order valence-corrected chi connectivity index (χ4v) is 2.42. The Balaban J connectivity index is 2.02. The Morgan fingerprint density at radius 2 is 2.11 bits per heavy atom. The van der Waals surface area contributed by atoms with Crippen LogP contribution in [-0.4, -0.2) is 39.2 Å². The Kier molecular flexibility index (Phi) is 3.66. The second kappa shape index (κ2) is 4.91. The number of rotatable bonds is 0. The number of halogens is 1. The summed E-state index contributed by atoms with van der Waals surface area (Å²) in [4.78, 5) is 18.0. The van der Waals surface area contributed by atoms with E-state index in [1.165, 1.54) is 0 Å². The molecule has 1 aromatic heterocycles. The number of carbonyl (C=O) groups is 1. The molecule has 1 amide bonds. The molecule has 0 saturated carbocycles. The molecule has 100 valence electrons. The van der Waals surface area contributed by atoms with Gasteiger partial charge >= 0.3 is 6.09 Å². The lowest BCUT2D eigenvalue weighted by atomic mass is 10.2. The van der Waals surface area contributed by atoms with Crippen molar-refractivity contribution in [3.8, 4) is 0 Å². The van der Waals surface area contributed by atoms with Gasteiger partial charge in [0, 0.05) is 37.9 Å². The van der Waals surface area contributed by atoms with E-state index in [4.69, 9.17) is 4.74 Å². The van der Waals surface area contributed by atoms with Gasteiger partial charge in [-0.1, -0.05) is 0 Å². The predicted octanol–water partition coefficient (Wildman–Crippen LogP) is 2.44. The van der Waals surface area contributed by atoms with E-state index in [9.17, 15) is 4.79 Å². The molecule has 6 heteroatoms. The summed E-state index contributed by atoms with van der Waals surface area (Å²) in [7, 11) is 0. The summed E-state index contributed by atoms with van der Waals surface area (Å²) >= 11 is 3.41. The number of hydrogen-bond acceptors (Lipinski definition) is 3. The van der Waals surface area contributed by atoms with Gasteiger partial charge in [0.05, 0.1) is 0 Å². The second-order valence-electron chi connectivity index (χ2n) is 5.39. The van der Waals surface area contributed by atoms with Gasteiger partial charge in [0.1, 0.15) is 5.60 Å². The van der Waals surface area contributed by atoms with E-state index in [0.717, 1.165) is 23.4 Å². The van der Waals surface area contributed by atoms with E-state index < -0.39 is 5.60 Å². The van der Waals surface area contributed by atoms with Crippen molar-refractivity contribution in [2.24, 2.45) is 0 Å². The lowest BCUT2D eigenvalue weighted by molar-refractivity contribution is 0.0254. The summed E-state index contributed by atoms with van der Waals surface area (Å²) in [6.07, 6.45) is 2.41. The smallest absolute Gasteiger partial charge is 0.410 e. The van der Waals surface area contributed by atoms with Gasteiger partial charge < -0.3 is 14.2 Å². The molecule has 0 fully saturated rings. The molecule has 18 heavy (non-hydrogen) atoms. The Morgan fingerprint density at radius 1 is 1.39 bits per heavy atom. The molecule has 5 nitrogen and oxygen atoms in total. The highest BCUT2D eigenvalue weighted by molar-refractivity contribution is 9.10. The number of carbonyl (C=O) groups excluding carboxylic acids is 1. The summed E-state index contributed by atoms with van der Waals surface area (Å²) < 4.78 is 8.30. The van der Waals surface area contributed by atoms with Crippen LogP contribution in [-0.2, 0) is 17.7 Å². The van der Waals surface area contributed by atoms with Crippen LogP contribution in [0.4, 0.5) is 4.79 Å². The minimum Gasteiger partial charge on any atom is -0.444 e. The van der Waals surface area contributed by atoms with Crippen LogP contribution in [0.25, 0.3) is 0 Å². The van der Waals surface area contributed by atoms with Crippen molar-refractivity contribution in [2.45, 2.75) is 39.3 Å². The van der Waals surface area contributed by atoms with Crippen molar-refractivity contribution >= 4 is 22.0 Å². The third-order valence-corrected chi connectivity index (χ3v) is 3.41. The molecule has 1 aliphatic heterocycles. The van der Waals surface area contributed by atoms with Gasteiger partial charge in [-0.15, -0.1) is 0 Å². The molecule has 0 aliphatic carbocycles. The molecular weight excluding hydrogens is 298 g/mol. The highest BCUT2D eigenvalue weighted by Gasteiger charge is 2.24. The quantitative estimate of drug-likeness (QED) is 0.738. The molecule has 0 aromatic carbocycles. The normalized spacial score (nSPS) is 16.1. The van der Waals surface area contributed by atoms with Crippen LogP contribution in [0.15, 0.2) is 10.9 Å². The van der Waals surface area contributed by atoms with Gasteiger partial charge in [-0.3, -0.25) is 0 Å². The van der Waals surface area contributed by atoms with E-state index in [1.54, 1.807) is 4.90 Å². The van der Waals surface area contributed by atoms with Gasteiger partial charge in [-0.05, 0) is 36.7 Å². The zero-order valence-corrected chi connectivity index (χ0v) is 12.5. The molecule has 1 aromatic rings. The van der Waals surface area contributed by atoms with Crippen molar-refractivity contribution in [3.05, 3.63) is 16.6 Å². The minimum atomic E-state index is -0.444. The van der Waals surface area contributed by atoms with Crippen LogP contribution in [0.1, 0.15) is 26.5 Å². The lowest BCUT2D eigenvalue weighted by Gasteiger charge is -2.26. The molecule has 0 bridgehead atoms. The number of nitrogens with zero attached hydrogens (tertiary/aromatic N) is 3. The van der Waals surface area contributed by atoms with Crippen molar-refractivity contribution in [1.82, 2.24) is 14.5 Å². The van der Waals surface area contributed by atoms with Gasteiger partial charge in [-0.25, -0.2) is 9.78 Å². The number of ether oxygens (including phenoxy) is 1. The van der Waals surface area contributed by atoms with Crippen LogP contribution in [0.3, 0.4) is 0 Å². The molecule has 0 saturated heterocycles. The Hall–Kier alpha value is -1.04. The number of amides is 1. The molecule has 2 rings (SSSR count). The maximum atomic E-state index is 12.0. The van der Waals surface area contributed by atoms with Crippen molar-refractivity contribution in [1.29, 1.82) is 0 Å². The first-order valence-corrected chi connectivity index (χ1v) is 6.84. The standard InChI is InChI=1S/C12H18BrN3O2/c1-12(2,3)18-11(17)15-5-4-9-8-14-10(13)16(9)7-6-15/h8H,4-7H2,1-3H3. The van der Waals surface area contributed by atoms with Gasteiger partial charge in [-0.2, -0.15) is 0 Å². The highest BCUT2D eigenvalue weighted by Crippen LogP contribution is 2.17. The van der Waals surface area contributed by atoms with Crippen LogP contribution < -0.4 is 0 Å². The van der Waals surface area contributed by atoms with E-state index in [0.29, 0.717) is 13.1 Å². The van der Waals surface area contributed by atoms with Crippen molar-refractivity contribution in [2.75, 3.05) is 13.1 Å². The topological polar surface area (TPSA) is 47.4 Å². The SMILES string of the molecule is CC(C)(C)OC(=O)N1CCc2cnc(Br)n2CC1. The maximum absolute atomic E-state index is 12.0. The number of fused-ring (bicyclic) bond motifs is 1. The third kappa shape index (κ3) is 3.04. The molecule has 0 unspecified atom stereocenters. The average Bonchev–Trinajstić information content (AvgIpc) is 2.48. The molecular formula is C12H18BrN3O2. The van der Waals surface area contributed by atoms with Crippen LogP contribution in [0, 0.1) is 0 Å². The van der Waals surface area contributed by atoms with E-state index in [1.807, 2.05) is 27.0 Å². The minimum absolute atomic E-state index is 0.239. The second-order valence-corrected chi connectivity index (χ2v) is 6.10. The Labute approximate surface area is 115 Å². The van der Waals surface area contributed by atoms with E-state index >= 15 is 0 Å². The number of aromatic nitrogens is 2. The monoisotopic (exact) mass is 315 g/mol. The average molecular weight is 316 g/mol. The van der Waals surface area contributed by atoms with Gasteiger partial charge in [0.2, 0.25) is 0 Å². The fourth-order valence-electron chi connectivity index (χ4n) is 1.91.